The molecule has 1 aromatic carbocycles. The number of para-hydroxylation sites is 1. The first-order valence-electron chi connectivity index (χ1n) is 5.84. The van der Waals surface area contributed by atoms with Gasteiger partial charge in [-0.25, -0.2) is 0 Å². The van der Waals surface area contributed by atoms with Crippen LogP contribution in [0.3, 0.4) is 0 Å². The van der Waals surface area contributed by atoms with Crippen LogP contribution in [0.4, 0.5) is 0 Å². The zero-order valence-electron chi connectivity index (χ0n) is 9.33. The van der Waals surface area contributed by atoms with E-state index in [1.165, 1.54) is 24.1 Å². The minimum Gasteiger partial charge on any atom is -0.252 e. The van der Waals surface area contributed by atoms with Crippen LogP contribution in [-0.2, 0) is 6.42 Å². The van der Waals surface area contributed by atoms with E-state index in [1.54, 1.807) is 0 Å². The molecule has 1 nitrogen and oxygen atoms in total. The maximum Gasteiger partial charge on any atom is 0.0720 e. The van der Waals surface area contributed by atoms with Crippen LogP contribution in [0.1, 0.15) is 36.9 Å². The lowest BCUT2D eigenvalue weighted by Gasteiger charge is -2.23. The van der Waals surface area contributed by atoms with Crippen LogP contribution in [0.25, 0.3) is 10.9 Å². The molecular formula is C14H14ClN. The second-order valence-electron chi connectivity index (χ2n) is 4.60. The fourth-order valence-corrected chi connectivity index (χ4v) is 2.95. The third-order valence-corrected chi connectivity index (χ3v) is 3.92. The van der Waals surface area contributed by atoms with Gasteiger partial charge < -0.3 is 0 Å². The van der Waals surface area contributed by atoms with Gasteiger partial charge in [-0.1, -0.05) is 36.7 Å². The summed E-state index contributed by atoms with van der Waals surface area (Å²) in [5.41, 5.74) is 3.52. The van der Waals surface area contributed by atoms with Gasteiger partial charge >= 0.3 is 0 Å². The predicted molar refractivity (Wildman–Crippen MR) is 68.1 cm³/mol. The van der Waals surface area contributed by atoms with Crippen LogP contribution in [0.15, 0.2) is 24.3 Å². The van der Waals surface area contributed by atoms with Crippen molar-refractivity contribution in [2.24, 2.45) is 0 Å². The zero-order valence-corrected chi connectivity index (χ0v) is 10.1. The molecule has 0 saturated carbocycles. The summed E-state index contributed by atoms with van der Waals surface area (Å²) in [6.45, 7) is 2.25. The molecule has 1 atom stereocenters. The quantitative estimate of drug-likeness (QED) is 0.658. The minimum absolute atomic E-state index is 0.547. The predicted octanol–water partition coefficient (Wildman–Crippen LogP) is 4.33. The summed E-state index contributed by atoms with van der Waals surface area (Å²) in [7, 11) is 0. The molecule has 0 saturated heterocycles. The van der Waals surface area contributed by atoms with Gasteiger partial charge in [0.2, 0.25) is 0 Å². The van der Waals surface area contributed by atoms with Gasteiger partial charge in [0.05, 0.1) is 10.5 Å². The molecule has 2 heteroatoms. The van der Waals surface area contributed by atoms with E-state index in [9.17, 15) is 0 Å². The first-order valence-corrected chi connectivity index (χ1v) is 6.22. The van der Waals surface area contributed by atoms with Crippen molar-refractivity contribution in [3.8, 4) is 0 Å². The lowest BCUT2D eigenvalue weighted by atomic mass is 9.87. The number of nitrogens with zero attached hydrogens (tertiary/aromatic N) is 1. The molecule has 0 radical (unpaired) electrons. The molecule has 1 heterocycles. The topological polar surface area (TPSA) is 12.9 Å². The molecule has 2 aromatic rings. The number of fused-ring (bicyclic) bond motifs is 2. The van der Waals surface area contributed by atoms with E-state index in [4.69, 9.17) is 16.6 Å². The summed E-state index contributed by atoms with van der Waals surface area (Å²) >= 11 is 6.48. The minimum atomic E-state index is 0.547. The molecule has 0 bridgehead atoms. The van der Waals surface area contributed by atoms with E-state index in [0.29, 0.717) is 5.92 Å². The summed E-state index contributed by atoms with van der Waals surface area (Å²) in [5.74, 6) is 0.547. The van der Waals surface area contributed by atoms with Gasteiger partial charge in [-0.15, -0.1) is 0 Å². The van der Waals surface area contributed by atoms with Crippen molar-refractivity contribution in [2.45, 2.75) is 32.1 Å². The number of halogens is 1. The number of benzene rings is 1. The average molecular weight is 232 g/mol. The molecule has 0 N–H and O–H groups in total. The summed E-state index contributed by atoms with van der Waals surface area (Å²) in [5, 5.41) is 2.02. The van der Waals surface area contributed by atoms with Crippen LogP contribution < -0.4 is 0 Å². The van der Waals surface area contributed by atoms with Gasteiger partial charge in [-0.3, -0.25) is 4.98 Å². The fourth-order valence-electron chi connectivity index (χ4n) is 2.60. The third-order valence-electron chi connectivity index (χ3n) is 3.49. The van der Waals surface area contributed by atoms with Crippen molar-refractivity contribution in [3.63, 3.8) is 0 Å². The number of aromatic nitrogens is 1. The Balaban J connectivity index is 2.36. The molecule has 16 heavy (non-hydrogen) atoms. The van der Waals surface area contributed by atoms with Crippen LogP contribution in [0, 0.1) is 0 Å². The SMILES string of the molecule is CC1CCCc2c1nc1ccccc1c2Cl. The van der Waals surface area contributed by atoms with Crippen LogP contribution in [0.2, 0.25) is 5.02 Å². The molecular weight excluding hydrogens is 218 g/mol. The zero-order chi connectivity index (χ0) is 11.1. The number of hydrogen-bond donors (Lipinski definition) is 0. The Morgan fingerprint density at radius 2 is 2.12 bits per heavy atom. The summed E-state index contributed by atoms with van der Waals surface area (Å²) in [4.78, 5) is 4.77. The molecule has 0 spiro atoms. The van der Waals surface area contributed by atoms with E-state index in [-0.39, 0.29) is 0 Å². The third kappa shape index (κ3) is 1.42. The van der Waals surface area contributed by atoms with Crippen LogP contribution in [0.5, 0.6) is 0 Å². The van der Waals surface area contributed by atoms with Gasteiger partial charge in [0.25, 0.3) is 0 Å². The summed E-state index contributed by atoms with van der Waals surface area (Å²) in [6, 6.07) is 8.15. The number of pyridine rings is 1. The van der Waals surface area contributed by atoms with Gasteiger partial charge in [0.1, 0.15) is 0 Å². The van der Waals surface area contributed by atoms with E-state index < -0.39 is 0 Å². The number of rotatable bonds is 0. The first kappa shape index (κ1) is 10.1. The standard InChI is InChI=1S/C14H14ClN/c1-9-5-4-7-11-13(15)10-6-2-3-8-12(10)16-14(9)11/h2-3,6,8-9H,4-5,7H2,1H3. The molecule has 0 aliphatic heterocycles. The summed E-state index contributed by atoms with van der Waals surface area (Å²) < 4.78 is 0. The molecule has 1 unspecified atom stereocenters. The van der Waals surface area contributed by atoms with Crippen molar-refractivity contribution in [3.05, 3.63) is 40.5 Å². The van der Waals surface area contributed by atoms with Gasteiger partial charge in [0.15, 0.2) is 0 Å². The molecule has 0 fully saturated rings. The highest BCUT2D eigenvalue weighted by Crippen LogP contribution is 2.37. The summed E-state index contributed by atoms with van der Waals surface area (Å²) in [6.07, 6.45) is 3.54. The average Bonchev–Trinajstić information content (AvgIpc) is 2.31. The highest BCUT2D eigenvalue weighted by atomic mass is 35.5. The van der Waals surface area contributed by atoms with E-state index in [1.807, 2.05) is 18.2 Å². The molecule has 3 rings (SSSR count). The second kappa shape index (κ2) is 3.74. The van der Waals surface area contributed by atoms with Crippen molar-refractivity contribution in [1.29, 1.82) is 0 Å². The molecule has 0 amide bonds. The number of hydrogen-bond acceptors (Lipinski definition) is 1. The molecule has 1 aliphatic carbocycles. The van der Waals surface area contributed by atoms with Crippen molar-refractivity contribution < 1.29 is 0 Å². The Hall–Kier alpha value is -1.08. The van der Waals surface area contributed by atoms with Crippen LogP contribution >= 0.6 is 11.6 Å². The van der Waals surface area contributed by atoms with E-state index >= 15 is 0 Å². The fraction of sp³-hybridized carbons (Fsp3) is 0.357. The Bertz CT molecular complexity index is 548. The highest BCUT2D eigenvalue weighted by Gasteiger charge is 2.21. The normalized spacial score (nSPS) is 19.8. The van der Waals surface area contributed by atoms with Crippen LogP contribution in [-0.4, -0.2) is 4.98 Å². The van der Waals surface area contributed by atoms with Gasteiger partial charge in [0, 0.05) is 11.1 Å². The van der Waals surface area contributed by atoms with Crippen molar-refractivity contribution in [2.75, 3.05) is 0 Å². The smallest absolute Gasteiger partial charge is 0.0720 e. The molecule has 82 valence electrons. The lowest BCUT2D eigenvalue weighted by Crippen LogP contribution is -2.10. The monoisotopic (exact) mass is 231 g/mol. The van der Waals surface area contributed by atoms with Gasteiger partial charge in [-0.2, -0.15) is 0 Å². The Morgan fingerprint density at radius 1 is 1.31 bits per heavy atom. The lowest BCUT2D eigenvalue weighted by molar-refractivity contribution is 0.576. The van der Waals surface area contributed by atoms with Crippen molar-refractivity contribution in [1.82, 2.24) is 4.98 Å². The highest BCUT2D eigenvalue weighted by molar-refractivity contribution is 6.36. The van der Waals surface area contributed by atoms with Crippen molar-refractivity contribution >= 4 is 22.5 Å². The van der Waals surface area contributed by atoms with Gasteiger partial charge in [-0.05, 0) is 36.8 Å². The maximum atomic E-state index is 6.48. The largest absolute Gasteiger partial charge is 0.252 e. The first-order chi connectivity index (χ1) is 7.77. The van der Waals surface area contributed by atoms with E-state index in [0.717, 1.165) is 22.3 Å². The second-order valence-corrected chi connectivity index (χ2v) is 4.98. The Kier molecular flexibility index (Phi) is 2.36. The Labute approximate surface area is 100 Å². The maximum absolute atomic E-state index is 6.48. The molecule has 1 aromatic heterocycles. The molecule has 1 aliphatic rings. The van der Waals surface area contributed by atoms with E-state index in [2.05, 4.69) is 13.0 Å². The Morgan fingerprint density at radius 3 is 3.00 bits per heavy atom.